The van der Waals surface area contributed by atoms with Crippen LogP contribution in [0.2, 0.25) is 0 Å². The molecule has 4 aliphatic rings. The Bertz CT molecular complexity index is 2160. The summed E-state index contributed by atoms with van der Waals surface area (Å²) in [5.41, 5.74) is 5.78. The van der Waals surface area contributed by atoms with Crippen LogP contribution in [0.3, 0.4) is 0 Å². The van der Waals surface area contributed by atoms with Gasteiger partial charge in [0.25, 0.3) is 0 Å². The molecule has 4 atom stereocenters. The first-order valence-electron chi connectivity index (χ1n) is 21.2. The van der Waals surface area contributed by atoms with Gasteiger partial charge in [-0.1, -0.05) is 97.9 Å². The van der Waals surface area contributed by atoms with Crippen LogP contribution in [0, 0.1) is 5.92 Å². The summed E-state index contributed by atoms with van der Waals surface area (Å²) >= 11 is 0. The summed E-state index contributed by atoms with van der Waals surface area (Å²) in [6.07, 6.45) is 2.96. The average Bonchev–Trinajstić information content (AvgIpc) is 3.76. The predicted molar refractivity (Wildman–Crippen MR) is 231 cm³/mol. The van der Waals surface area contributed by atoms with Crippen molar-refractivity contribution in [2.24, 2.45) is 5.92 Å². The van der Waals surface area contributed by atoms with E-state index in [-0.39, 0.29) is 23.7 Å². The molecule has 0 N–H and O–H groups in total. The van der Waals surface area contributed by atoms with Crippen molar-refractivity contribution in [2.45, 2.75) is 70.5 Å². The molecule has 0 saturated carbocycles. The number of amides is 2. The van der Waals surface area contributed by atoms with Crippen molar-refractivity contribution in [3.8, 4) is 11.5 Å². The first kappa shape index (κ1) is 40.0. The minimum Gasteiger partial charge on any atom is -0.485 e. The van der Waals surface area contributed by atoms with E-state index in [0.29, 0.717) is 32.2 Å². The first-order chi connectivity index (χ1) is 28.2. The highest BCUT2D eigenvalue weighted by Gasteiger charge is 2.59. The van der Waals surface area contributed by atoms with Gasteiger partial charge < -0.3 is 28.9 Å². The van der Waals surface area contributed by atoms with E-state index < -0.39 is 0 Å². The number of likely N-dealkylation sites (N-methyl/N-ethyl adjacent to an activating group) is 1. The number of ether oxygens (including phenoxy) is 3. The van der Waals surface area contributed by atoms with Crippen molar-refractivity contribution >= 4 is 17.3 Å². The zero-order chi connectivity index (χ0) is 40.2. The molecule has 3 unspecified atom stereocenters. The van der Waals surface area contributed by atoms with E-state index in [1.54, 1.807) is 0 Å². The van der Waals surface area contributed by atoms with Gasteiger partial charge in [0.2, 0.25) is 0 Å². The Balaban J connectivity index is 1.06. The van der Waals surface area contributed by atoms with Gasteiger partial charge in [0.1, 0.15) is 13.2 Å². The lowest BCUT2D eigenvalue weighted by molar-refractivity contribution is 0.0285. The monoisotopic (exact) mass is 783 g/mol. The maximum atomic E-state index is 15.0. The van der Waals surface area contributed by atoms with Crippen LogP contribution in [0.15, 0.2) is 103 Å². The minimum atomic E-state index is -0.378. The second kappa shape index (κ2) is 17.6. The molecular formula is C49H61N5O4. The standard InChI is InChI=1S/C49H61N5O4/c1-36-30-43(50(3)4)40-18-12-13-19-41(40)47(36)42-21-23-46-49(2,53(48(55)54(42)46)25-24-52-26-28-56-29-27-52)35-51(5)32-39-20-22-44(57-33-37-14-8-6-9-15-37)45(31-39)58-34-38-16-10-7-11-17-38/h6-20,22,31,36,42,46H,21,23-30,32-35H2,1-5H3/t36?,42-,46?,49?/m1/s1. The third-order valence-corrected chi connectivity index (χ3v) is 12.9. The molecule has 306 valence electrons. The third kappa shape index (κ3) is 8.35. The van der Waals surface area contributed by atoms with Gasteiger partial charge in [0, 0.05) is 64.3 Å². The van der Waals surface area contributed by atoms with E-state index in [4.69, 9.17) is 14.2 Å². The number of fused-ring (bicyclic) bond motifs is 2. The summed E-state index contributed by atoms with van der Waals surface area (Å²) < 4.78 is 18.5. The predicted octanol–water partition coefficient (Wildman–Crippen LogP) is 6.20. The molecule has 4 aromatic rings. The van der Waals surface area contributed by atoms with E-state index in [1.165, 1.54) is 21.7 Å². The normalized spacial score (nSPS) is 23.3. The lowest BCUT2D eigenvalue weighted by Crippen LogP contribution is -2.57. The molecule has 3 saturated heterocycles. The number of nitrogens with zero attached hydrogens (tertiary/aromatic N) is 5. The Morgan fingerprint density at radius 2 is 1.40 bits per heavy atom. The molecule has 0 aromatic heterocycles. The van der Waals surface area contributed by atoms with Gasteiger partial charge in [0.15, 0.2) is 11.5 Å². The lowest BCUT2D eigenvalue weighted by atomic mass is 9.83. The van der Waals surface area contributed by atoms with Gasteiger partial charge >= 0.3 is 6.03 Å². The Labute approximate surface area is 345 Å². The summed E-state index contributed by atoms with van der Waals surface area (Å²) in [4.78, 5) is 26.7. The quantitative estimate of drug-likeness (QED) is 0.143. The van der Waals surface area contributed by atoms with Gasteiger partial charge in [0.05, 0.1) is 30.8 Å². The molecule has 9 nitrogen and oxygen atoms in total. The SMILES string of the molecule is CC1CC(N(C)C)=c2ccccc2=C1[C@H]1CCC2N1C(=O)N(CCN1CCOCC1)C2(C)CN(C)Cc1ccc(OCc2ccccc2)c(OCc2ccccc2)c1. The number of hydrogen-bond acceptors (Lipinski definition) is 7. The average molecular weight is 784 g/mol. The van der Waals surface area contributed by atoms with Crippen molar-refractivity contribution < 1.29 is 19.0 Å². The van der Waals surface area contributed by atoms with Crippen LogP contribution in [-0.2, 0) is 24.5 Å². The van der Waals surface area contributed by atoms with Crippen molar-refractivity contribution in [3.05, 3.63) is 130 Å². The summed E-state index contributed by atoms with van der Waals surface area (Å²) in [5, 5.41) is 2.63. The van der Waals surface area contributed by atoms with Crippen LogP contribution >= 0.6 is 0 Å². The molecule has 0 radical (unpaired) electrons. The molecule has 1 aliphatic carbocycles. The number of urea groups is 1. The highest BCUT2D eigenvalue weighted by Crippen LogP contribution is 2.46. The van der Waals surface area contributed by atoms with E-state index >= 15 is 4.79 Å². The molecular weight excluding hydrogens is 723 g/mol. The Morgan fingerprint density at radius 3 is 2.07 bits per heavy atom. The second-order valence-electron chi connectivity index (χ2n) is 17.2. The summed E-state index contributed by atoms with van der Waals surface area (Å²) in [5.74, 6) is 1.81. The molecule has 3 heterocycles. The van der Waals surface area contributed by atoms with Gasteiger partial charge in [-0.15, -0.1) is 0 Å². The molecule has 0 bridgehead atoms. The molecule has 9 heteroatoms. The van der Waals surface area contributed by atoms with Crippen molar-refractivity contribution in [2.75, 3.05) is 67.1 Å². The van der Waals surface area contributed by atoms with Crippen molar-refractivity contribution in [1.29, 1.82) is 0 Å². The summed E-state index contributed by atoms with van der Waals surface area (Å²) in [6.45, 7) is 12.0. The molecule has 4 aromatic carbocycles. The smallest absolute Gasteiger partial charge is 0.321 e. The fourth-order valence-corrected chi connectivity index (χ4v) is 10.1. The van der Waals surface area contributed by atoms with Crippen LogP contribution in [0.4, 0.5) is 4.79 Å². The Kier molecular flexibility index (Phi) is 12.1. The molecule has 2 amide bonds. The number of hydrogen-bond donors (Lipinski definition) is 0. The van der Waals surface area contributed by atoms with Crippen molar-refractivity contribution in [3.63, 3.8) is 0 Å². The van der Waals surface area contributed by atoms with Crippen LogP contribution in [0.25, 0.3) is 11.3 Å². The molecule has 0 spiro atoms. The number of morpholine rings is 1. The largest absolute Gasteiger partial charge is 0.485 e. The number of rotatable bonds is 15. The number of benzene rings is 4. The number of carbonyl (C=O) groups is 1. The third-order valence-electron chi connectivity index (χ3n) is 12.9. The van der Waals surface area contributed by atoms with E-state index in [9.17, 15) is 0 Å². The molecule has 8 rings (SSSR count). The first-order valence-corrected chi connectivity index (χ1v) is 21.2. The van der Waals surface area contributed by atoms with E-state index in [2.05, 4.69) is 120 Å². The zero-order valence-electron chi connectivity index (χ0n) is 35.1. The van der Waals surface area contributed by atoms with Crippen LogP contribution < -0.4 is 19.9 Å². The topological polar surface area (TPSA) is 61.0 Å². The van der Waals surface area contributed by atoms with E-state index in [1.807, 2.05) is 42.5 Å². The summed E-state index contributed by atoms with van der Waals surface area (Å²) in [6, 6.07) is 36.1. The van der Waals surface area contributed by atoms with Crippen molar-refractivity contribution in [1.82, 2.24) is 24.5 Å². The van der Waals surface area contributed by atoms with Gasteiger partial charge in [-0.25, -0.2) is 4.79 Å². The molecule has 58 heavy (non-hydrogen) atoms. The fourth-order valence-electron chi connectivity index (χ4n) is 10.1. The van der Waals surface area contributed by atoms with Gasteiger partial charge in [-0.3, -0.25) is 9.80 Å². The van der Waals surface area contributed by atoms with Crippen LogP contribution in [-0.4, -0.2) is 115 Å². The lowest BCUT2D eigenvalue weighted by Gasteiger charge is -2.41. The van der Waals surface area contributed by atoms with Gasteiger partial charge in [-0.2, -0.15) is 0 Å². The maximum Gasteiger partial charge on any atom is 0.321 e. The van der Waals surface area contributed by atoms with Crippen LogP contribution in [0.5, 0.6) is 11.5 Å². The second-order valence-corrected chi connectivity index (χ2v) is 17.2. The maximum absolute atomic E-state index is 15.0. The fraction of sp³-hybridized carbons (Fsp3) is 0.449. The number of carbonyl (C=O) groups excluding carboxylic acids is 1. The molecule has 3 aliphatic heterocycles. The zero-order valence-corrected chi connectivity index (χ0v) is 35.1. The minimum absolute atomic E-state index is 0.0862. The highest BCUT2D eigenvalue weighted by molar-refractivity contribution is 5.82. The van der Waals surface area contributed by atoms with E-state index in [0.717, 1.165) is 86.8 Å². The molecule has 3 fully saturated rings. The van der Waals surface area contributed by atoms with Crippen LogP contribution in [0.1, 0.15) is 49.8 Å². The Morgan fingerprint density at radius 1 is 0.759 bits per heavy atom. The van der Waals surface area contributed by atoms with Gasteiger partial charge in [-0.05, 0) is 78.8 Å². The Hall–Kier alpha value is -4.83. The summed E-state index contributed by atoms with van der Waals surface area (Å²) in [7, 11) is 6.50. The highest BCUT2D eigenvalue weighted by atomic mass is 16.5.